The molecule has 9 heteroatoms. The van der Waals surface area contributed by atoms with E-state index in [0.717, 1.165) is 6.08 Å². The Morgan fingerprint density at radius 1 is 1.40 bits per heavy atom. The highest BCUT2D eigenvalue weighted by Crippen LogP contribution is 2.21. The van der Waals surface area contributed by atoms with Crippen LogP contribution in [0.25, 0.3) is 5.53 Å². The largest absolute Gasteiger partial charge is 0.498 e. The lowest BCUT2D eigenvalue weighted by atomic mass is 10.1. The molecule has 15 heavy (non-hydrogen) atoms. The van der Waals surface area contributed by atoms with Crippen molar-refractivity contribution < 1.29 is 19.7 Å². The Kier molecular flexibility index (Phi) is 2.59. The van der Waals surface area contributed by atoms with Crippen LogP contribution in [-0.4, -0.2) is 25.5 Å². The number of nitrogens with zero attached hydrogens (tertiary/aromatic N) is 4. The predicted octanol–water partition coefficient (Wildman–Crippen LogP) is 0.268. The third-order valence-corrected chi connectivity index (χ3v) is 1.71. The maximum absolute atomic E-state index is 10.4. The summed E-state index contributed by atoms with van der Waals surface area (Å²) >= 11 is 0. The number of nitro groups is 2. The maximum atomic E-state index is 10.4. The van der Waals surface area contributed by atoms with Gasteiger partial charge in [-0.05, 0) is 0 Å². The Bertz CT molecular complexity index is 456. The van der Waals surface area contributed by atoms with Crippen molar-refractivity contribution in [3.05, 3.63) is 49.0 Å². The molecule has 9 nitrogen and oxygen atoms in total. The van der Waals surface area contributed by atoms with Gasteiger partial charge in [-0.15, -0.1) is 0 Å². The Morgan fingerprint density at radius 2 is 2.00 bits per heavy atom. The third kappa shape index (κ3) is 1.86. The van der Waals surface area contributed by atoms with E-state index < -0.39 is 33.4 Å². The number of aliphatic hydroxyl groups is 1. The van der Waals surface area contributed by atoms with E-state index in [1.807, 2.05) is 0 Å². The minimum atomic E-state index is -1.02. The number of hydrogen-bond acceptors (Lipinski definition) is 5. The van der Waals surface area contributed by atoms with E-state index in [1.165, 1.54) is 0 Å². The van der Waals surface area contributed by atoms with Crippen LogP contribution in [0.3, 0.4) is 0 Å². The van der Waals surface area contributed by atoms with Crippen LogP contribution in [0.2, 0.25) is 0 Å². The molecule has 0 heterocycles. The van der Waals surface area contributed by atoms with Crippen molar-refractivity contribution in [1.29, 1.82) is 0 Å². The van der Waals surface area contributed by atoms with Crippen molar-refractivity contribution in [3.63, 3.8) is 0 Å². The molecule has 0 aliphatic heterocycles. The first-order chi connectivity index (χ1) is 6.97. The minimum Gasteiger partial charge on any atom is -0.498 e. The normalized spacial score (nSPS) is 15.7. The summed E-state index contributed by atoms with van der Waals surface area (Å²) < 4.78 is 0. The number of aliphatic hydroxyl groups excluding tert-OH is 1. The second-order valence-electron chi connectivity index (χ2n) is 2.61. The molecule has 0 atom stereocenters. The number of allylic oxidation sites excluding steroid dienone is 2. The summed E-state index contributed by atoms with van der Waals surface area (Å²) in [6, 6.07) is 0. The van der Waals surface area contributed by atoms with Crippen LogP contribution >= 0.6 is 0 Å². The molecule has 0 radical (unpaired) electrons. The fourth-order valence-corrected chi connectivity index (χ4v) is 1.03. The molecule has 1 aliphatic rings. The van der Waals surface area contributed by atoms with Gasteiger partial charge in [-0.1, -0.05) is 0 Å². The maximum Gasteiger partial charge on any atom is 0.325 e. The first kappa shape index (κ1) is 10.5. The summed E-state index contributed by atoms with van der Waals surface area (Å²) in [6.45, 7) is 0. The molecule has 0 amide bonds. The summed E-state index contributed by atoms with van der Waals surface area (Å²) in [5.41, 5.74) is 6.49. The van der Waals surface area contributed by atoms with E-state index in [2.05, 4.69) is 4.79 Å². The molecule has 0 unspecified atom stereocenters. The van der Waals surface area contributed by atoms with Crippen LogP contribution in [0, 0.1) is 20.2 Å². The lowest BCUT2D eigenvalue weighted by Gasteiger charge is -2.02. The summed E-state index contributed by atoms with van der Waals surface area (Å²) in [5.74, 6) is -1.02. The molecule has 0 saturated heterocycles. The molecule has 0 saturated carbocycles. The van der Waals surface area contributed by atoms with E-state index in [-0.39, 0.29) is 5.71 Å². The molecule has 0 spiro atoms. The Hall–Kier alpha value is -2.54. The predicted molar refractivity (Wildman–Crippen MR) is 45.0 cm³/mol. The summed E-state index contributed by atoms with van der Waals surface area (Å²) in [7, 11) is 0. The van der Waals surface area contributed by atoms with Crippen LogP contribution in [0.4, 0.5) is 0 Å². The fourth-order valence-electron chi connectivity index (χ4n) is 1.03. The van der Waals surface area contributed by atoms with Gasteiger partial charge in [0.15, 0.2) is 0 Å². The smallest absolute Gasteiger partial charge is 0.325 e. The van der Waals surface area contributed by atoms with Gasteiger partial charge in [-0.3, -0.25) is 20.2 Å². The average molecular weight is 212 g/mol. The minimum absolute atomic E-state index is 0.258. The van der Waals surface area contributed by atoms with Crippen molar-refractivity contribution in [2.45, 2.75) is 6.42 Å². The summed E-state index contributed by atoms with van der Waals surface area (Å²) in [5, 5.41) is 29.9. The van der Waals surface area contributed by atoms with Gasteiger partial charge < -0.3 is 10.6 Å². The fraction of sp³-hybridized carbons (Fsp3) is 0.167. The summed E-state index contributed by atoms with van der Waals surface area (Å²) in [6.07, 6.45) is 0.301. The van der Waals surface area contributed by atoms with Crippen LogP contribution in [0.5, 0.6) is 0 Å². The highest BCUT2D eigenvalue weighted by molar-refractivity contribution is 5.94. The van der Waals surface area contributed by atoms with Crippen molar-refractivity contribution in [2.24, 2.45) is 0 Å². The molecule has 0 aromatic rings. The topological polar surface area (TPSA) is 143 Å². The lowest BCUT2D eigenvalue weighted by molar-refractivity contribution is -0.443. The van der Waals surface area contributed by atoms with Gasteiger partial charge in [0.25, 0.3) is 5.76 Å². The lowest BCUT2D eigenvalue weighted by Crippen LogP contribution is -2.18. The van der Waals surface area contributed by atoms with Gasteiger partial charge in [-0.25, -0.2) is 0 Å². The van der Waals surface area contributed by atoms with E-state index in [0.29, 0.717) is 0 Å². The molecule has 1 aliphatic carbocycles. The van der Waals surface area contributed by atoms with Crippen LogP contribution in [0.1, 0.15) is 6.42 Å². The average Bonchev–Trinajstić information content (AvgIpc) is 2.17. The van der Waals surface area contributed by atoms with E-state index in [4.69, 9.17) is 5.53 Å². The van der Waals surface area contributed by atoms with Crippen molar-refractivity contribution >= 4 is 5.71 Å². The summed E-state index contributed by atoms with van der Waals surface area (Å²) in [4.78, 5) is 21.4. The van der Waals surface area contributed by atoms with Crippen LogP contribution in [0.15, 0.2) is 23.2 Å². The Balaban J connectivity index is 3.36. The molecular weight excluding hydrogens is 208 g/mol. The third-order valence-electron chi connectivity index (χ3n) is 1.71. The highest BCUT2D eigenvalue weighted by atomic mass is 16.6. The molecule has 0 aromatic carbocycles. The second-order valence-corrected chi connectivity index (χ2v) is 2.61. The second kappa shape index (κ2) is 3.68. The van der Waals surface area contributed by atoms with Gasteiger partial charge in [-0.2, -0.15) is 4.79 Å². The molecule has 0 aromatic heterocycles. The van der Waals surface area contributed by atoms with Crippen molar-refractivity contribution in [1.82, 2.24) is 0 Å². The monoisotopic (exact) mass is 212 g/mol. The molecule has 1 N–H and O–H groups in total. The molecule has 0 fully saturated rings. The van der Waals surface area contributed by atoms with Crippen molar-refractivity contribution in [3.8, 4) is 0 Å². The SMILES string of the molecule is [N-]=[N+]=C1C=C([N+](=O)[O-])C(O)=C([N+](=O)[O-])C1. The van der Waals surface area contributed by atoms with Crippen molar-refractivity contribution in [2.75, 3.05) is 0 Å². The van der Waals surface area contributed by atoms with Crippen LogP contribution < -0.4 is 0 Å². The van der Waals surface area contributed by atoms with Gasteiger partial charge in [0.1, 0.15) is 12.5 Å². The van der Waals surface area contributed by atoms with E-state index in [9.17, 15) is 25.3 Å². The zero-order valence-corrected chi connectivity index (χ0v) is 7.15. The zero-order chi connectivity index (χ0) is 11.6. The number of rotatable bonds is 2. The first-order valence-corrected chi connectivity index (χ1v) is 3.61. The van der Waals surface area contributed by atoms with E-state index in [1.54, 1.807) is 0 Å². The molecular formula is C6H4N4O5. The zero-order valence-electron chi connectivity index (χ0n) is 7.15. The van der Waals surface area contributed by atoms with Gasteiger partial charge in [0.05, 0.1) is 9.85 Å². The van der Waals surface area contributed by atoms with Gasteiger partial charge >= 0.3 is 17.1 Å². The van der Waals surface area contributed by atoms with Gasteiger partial charge in [0, 0.05) is 0 Å². The Labute approximate surface area is 81.9 Å². The standard InChI is InChI=1S/C6H4N4O5/c7-8-3-1-4(9(12)13)6(11)5(2-3)10(14)15/h1,11H,2H2. The number of hydrogen-bond donors (Lipinski definition) is 1. The Morgan fingerprint density at radius 3 is 2.40 bits per heavy atom. The molecule has 1 rings (SSSR count). The van der Waals surface area contributed by atoms with Gasteiger partial charge in [0.2, 0.25) is 0 Å². The van der Waals surface area contributed by atoms with Crippen LogP contribution in [-0.2, 0) is 0 Å². The first-order valence-electron chi connectivity index (χ1n) is 3.61. The molecule has 78 valence electrons. The highest BCUT2D eigenvalue weighted by Gasteiger charge is 2.37. The molecule has 0 bridgehead atoms. The quantitative estimate of drug-likeness (QED) is 0.302. The van der Waals surface area contributed by atoms with E-state index >= 15 is 0 Å².